The third-order valence-electron chi connectivity index (χ3n) is 2.23. The topological polar surface area (TPSA) is 57.9 Å². The van der Waals surface area contributed by atoms with Gasteiger partial charge in [0, 0.05) is 11.8 Å². The van der Waals surface area contributed by atoms with Crippen LogP contribution in [-0.4, -0.2) is 12.1 Å². The lowest BCUT2D eigenvalue weighted by Gasteiger charge is -2.06. The summed E-state index contributed by atoms with van der Waals surface area (Å²) in [6.45, 7) is 0. The predicted octanol–water partition coefficient (Wildman–Crippen LogP) is 2.71. The standard InChI is InChI=1S/C13H11N3O/c1-17-13-6-5-12(9-15-13)16-11-4-2-3-10(7-11)8-14/h2-7,9,16H,1H3. The van der Waals surface area contributed by atoms with E-state index >= 15 is 0 Å². The summed E-state index contributed by atoms with van der Waals surface area (Å²) in [6, 6.07) is 13.0. The lowest BCUT2D eigenvalue weighted by Crippen LogP contribution is -1.93. The molecule has 1 aromatic carbocycles. The van der Waals surface area contributed by atoms with E-state index in [1.807, 2.05) is 18.2 Å². The van der Waals surface area contributed by atoms with Crippen LogP contribution in [0.15, 0.2) is 42.6 Å². The number of anilines is 2. The average Bonchev–Trinajstić information content (AvgIpc) is 2.40. The molecule has 0 saturated heterocycles. The van der Waals surface area contributed by atoms with Crippen LogP contribution in [0.5, 0.6) is 5.88 Å². The van der Waals surface area contributed by atoms with Crippen molar-refractivity contribution < 1.29 is 4.74 Å². The largest absolute Gasteiger partial charge is 0.481 e. The van der Waals surface area contributed by atoms with E-state index in [-0.39, 0.29) is 0 Å². The molecule has 1 heterocycles. The molecule has 0 aliphatic rings. The summed E-state index contributed by atoms with van der Waals surface area (Å²) in [5.41, 5.74) is 2.33. The van der Waals surface area contributed by atoms with Crippen LogP contribution in [0.25, 0.3) is 0 Å². The van der Waals surface area contributed by atoms with Gasteiger partial charge in [0.15, 0.2) is 0 Å². The van der Waals surface area contributed by atoms with Gasteiger partial charge in [0.05, 0.1) is 30.6 Å². The van der Waals surface area contributed by atoms with Crippen LogP contribution in [-0.2, 0) is 0 Å². The van der Waals surface area contributed by atoms with Crippen molar-refractivity contribution in [3.63, 3.8) is 0 Å². The summed E-state index contributed by atoms with van der Waals surface area (Å²) in [6.07, 6.45) is 1.68. The lowest BCUT2D eigenvalue weighted by atomic mass is 10.2. The monoisotopic (exact) mass is 225 g/mol. The van der Waals surface area contributed by atoms with Crippen LogP contribution in [0.3, 0.4) is 0 Å². The first-order valence-corrected chi connectivity index (χ1v) is 5.09. The highest BCUT2D eigenvalue weighted by atomic mass is 16.5. The summed E-state index contributed by atoms with van der Waals surface area (Å²) >= 11 is 0. The molecule has 1 aromatic heterocycles. The van der Waals surface area contributed by atoms with E-state index in [4.69, 9.17) is 10.00 Å². The van der Waals surface area contributed by atoms with Gasteiger partial charge in [-0.05, 0) is 24.3 Å². The van der Waals surface area contributed by atoms with E-state index in [0.717, 1.165) is 11.4 Å². The van der Waals surface area contributed by atoms with Gasteiger partial charge in [-0.3, -0.25) is 0 Å². The van der Waals surface area contributed by atoms with Gasteiger partial charge >= 0.3 is 0 Å². The first-order valence-electron chi connectivity index (χ1n) is 5.09. The Bertz CT molecular complexity index is 543. The molecule has 0 spiro atoms. The fraction of sp³-hybridized carbons (Fsp3) is 0.0769. The maximum atomic E-state index is 8.79. The highest BCUT2D eigenvalue weighted by Gasteiger charge is 1.97. The van der Waals surface area contributed by atoms with Gasteiger partial charge in [-0.15, -0.1) is 0 Å². The molecule has 1 N–H and O–H groups in total. The molecule has 2 rings (SSSR count). The number of rotatable bonds is 3. The molecule has 0 atom stereocenters. The van der Waals surface area contributed by atoms with Gasteiger partial charge < -0.3 is 10.1 Å². The molecule has 17 heavy (non-hydrogen) atoms. The number of nitriles is 1. The Labute approximate surface area is 99.5 Å². The maximum Gasteiger partial charge on any atom is 0.213 e. The third kappa shape index (κ3) is 2.73. The zero-order valence-corrected chi connectivity index (χ0v) is 9.34. The van der Waals surface area contributed by atoms with Crippen molar-refractivity contribution in [2.24, 2.45) is 0 Å². The summed E-state index contributed by atoms with van der Waals surface area (Å²) in [4.78, 5) is 4.09. The van der Waals surface area contributed by atoms with Gasteiger partial charge in [-0.2, -0.15) is 5.26 Å². The molecular formula is C13H11N3O. The van der Waals surface area contributed by atoms with Crippen LogP contribution >= 0.6 is 0 Å². The van der Waals surface area contributed by atoms with Gasteiger partial charge in [-0.25, -0.2) is 4.98 Å². The second-order valence-electron chi connectivity index (χ2n) is 3.41. The van der Waals surface area contributed by atoms with E-state index < -0.39 is 0 Å². The second-order valence-corrected chi connectivity index (χ2v) is 3.41. The van der Waals surface area contributed by atoms with Gasteiger partial charge in [0.25, 0.3) is 0 Å². The summed E-state index contributed by atoms with van der Waals surface area (Å²) in [5, 5.41) is 12.0. The molecule has 0 bridgehead atoms. The van der Waals surface area contributed by atoms with Crippen molar-refractivity contribution in [2.75, 3.05) is 12.4 Å². The number of hydrogen-bond acceptors (Lipinski definition) is 4. The Kier molecular flexibility index (Phi) is 3.22. The first-order chi connectivity index (χ1) is 8.31. The highest BCUT2D eigenvalue weighted by Crippen LogP contribution is 2.18. The number of pyridine rings is 1. The van der Waals surface area contributed by atoms with Crippen molar-refractivity contribution >= 4 is 11.4 Å². The molecule has 84 valence electrons. The van der Waals surface area contributed by atoms with Gasteiger partial charge in [-0.1, -0.05) is 6.07 Å². The minimum absolute atomic E-state index is 0.571. The van der Waals surface area contributed by atoms with Crippen molar-refractivity contribution in [1.29, 1.82) is 5.26 Å². The van der Waals surface area contributed by atoms with E-state index in [1.165, 1.54) is 0 Å². The number of methoxy groups -OCH3 is 1. The van der Waals surface area contributed by atoms with Gasteiger partial charge in [0.1, 0.15) is 0 Å². The second kappa shape index (κ2) is 4.99. The van der Waals surface area contributed by atoms with Crippen molar-refractivity contribution in [3.8, 4) is 11.9 Å². The normalized spacial score (nSPS) is 9.41. The molecule has 0 aliphatic heterocycles. The van der Waals surface area contributed by atoms with Crippen molar-refractivity contribution in [1.82, 2.24) is 4.98 Å². The van der Waals surface area contributed by atoms with Crippen LogP contribution in [0.4, 0.5) is 11.4 Å². The van der Waals surface area contributed by atoms with Crippen LogP contribution in [0, 0.1) is 11.3 Å². The smallest absolute Gasteiger partial charge is 0.213 e. The maximum absolute atomic E-state index is 8.79. The highest BCUT2D eigenvalue weighted by molar-refractivity contribution is 5.60. The van der Waals surface area contributed by atoms with E-state index in [1.54, 1.807) is 31.5 Å². The molecule has 0 amide bonds. The minimum Gasteiger partial charge on any atom is -0.481 e. The number of ether oxygens (including phenoxy) is 1. The molecule has 4 nitrogen and oxygen atoms in total. The average molecular weight is 225 g/mol. The molecule has 4 heteroatoms. The molecule has 0 fully saturated rings. The zero-order valence-electron chi connectivity index (χ0n) is 9.34. The number of aromatic nitrogens is 1. The molecular weight excluding hydrogens is 214 g/mol. The van der Waals surface area contributed by atoms with E-state index in [0.29, 0.717) is 11.4 Å². The summed E-state index contributed by atoms with van der Waals surface area (Å²) < 4.78 is 4.97. The molecule has 0 unspecified atom stereocenters. The Balaban J connectivity index is 2.16. The van der Waals surface area contributed by atoms with Gasteiger partial charge in [0.2, 0.25) is 5.88 Å². The SMILES string of the molecule is COc1ccc(Nc2cccc(C#N)c2)cn1. The van der Waals surface area contributed by atoms with E-state index in [2.05, 4.69) is 16.4 Å². The predicted molar refractivity (Wildman–Crippen MR) is 65.2 cm³/mol. The minimum atomic E-state index is 0.571. The summed E-state index contributed by atoms with van der Waals surface area (Å²) in [7, 11) is 1.58. The Hall–Kier alpha value is -2.54. The number of hydrogen-bond donors (Lipinski definition) is 1. The molecule has 0 radical (unpaired) electrons. The third-order valence-corrected chi connectivity index (χ3v) is 2.23. The number of nitrogens with zero attached hydrogens (tertiary/aromatic N) is 2. The lowest BCUT2D eigenvalue weighted by molar-refractivity contribution is 0.398. The Morgan fingerprint density at radius 3 is 2.76 bits per heavy atom. The first kappa shape index (κ1) is 11.0. The van der Waals surface area contributed by atoms with Crippen LogP contribution < -0.4 is 10.1 Å². The fourth-order valence-electron chi connectivity index (χ4n) is 1.41. The molecule has 0 saturated carbocycles. The molecule has 2 aromatic rings. The summed E-state index contributed by atoms with van der Waals surface area (Å²) in [5.74, 6) is 0.571. The van der Waals surface area contributed by atoms with Crippen LogP contribution in [0.1, 0.15) is 5.56 Å². The van der Waals surface area contributed by atoms with Crippen molar-refractivity contribution in [3.05, 3.63) is 48.2 Å². The van der Waals surface area contributed by atoms with E-state index in [9.17, 15) is 0 Å². The zero-order chi connectivity index (χ0) is 12.1. The number of nitrogens with one attached hydrogen (secondary N) is 1. The quantitative estimate of drug-likeness (QED) is 0.872. The fourth-order valence-corrected chi connectivity index (χ4v) is 1.41. The van der Waals surface area contributed by atoms with Crippen LogP contribution in [0.2, 0.25) is 0 Å². The Morgan fingerprint density at radius 1 is 1.24 bits per heavy atom. The van der Waals surface area contributed by atoms with Crippen molar-refractivity contribution in [2.45, 2.75) is 0 Å². The number of benzene rings is 1. The Morgan fingerprint density at radius 2 is 2.12 bits per heavy atom. The molecule has 0 aliphatic carbocycles.